The van der Waals surface area contributed by atoms with Gasteiger partial charge in [0.05, 0.1) is 6.26 Å². The molecular weight excluding hydrogens is 271 g/mol. The van der Waals surface area contributed by atoms with Crippen molar-refractivity contribution in [1.82, 2.24) is 0 Å². The van der Waals surface area contributed by atoms with E-state index in [0.29, 0.717) is 11.3 Å². The number of primary amides is 1. The molecule has 0 atom stereocenters. The van der Waals surface area contributed by atoms with E-state index in [-0.39, 0.29) is 12.0 Å². The Hall–Kier alpha value is -1.89. The molecule has 0 unspecified atom stereocenters. The van der Waals surface area contributed by atoms with Crippen LogP contribution >= 0.6 is 0 Å². The first-order valence-electron chi connectivity index (χ1n) is 5.41. The summed E-state index contributed by atoms with van der Waals surface area (Å²) in [5.74, 6) is -1.40. The van der Waals surface area contributed by atoms with Crippen LogP contribution in [0.2, 0.25) is 0 Å². The van der Waals surface area contributed by atoms with Crippen molar-refractivity contribution < 1.29 is 17.6 Å². The maximum Gasteiger partial charge on any atom is 0.246 e. The van der Waals surface area contributed by atoms with Gasteiger partial charge in [-0.3, -0.25) is 9.52 Å². The fourth-order valence-electron chi connectivity index (χ4n) is 1.35. The van der Waals surface area contributed by atoms with E-state index in [2.05, 4.69) is 4.72 Å². The molecule has 104 valence electrons. The van der Waals surface area contributed by atoms with Crippen LogP contribution in [0.25, 0.3) is 0 Å². The lowest BCUT2D eigenvalue weighted by Crippen LogP contribution is -2.13. The van der Waals surface area contributed by atoms with Crippen molar-refractivity contribution in [3.63, 3.8) is 0 Å². The average Bonchev–Trinajstić information content (AvgIpc) is 2.28. The van der Waals surface area contributed by atoms with E-state index in [1.807, 2.05) is 0 Å². The van der Waals surface area contributed by atoms with E-state index in [9.17, 15) is 17.6 Å². The minimum Gasteiger partial charge on any atom is -0.366 e. The summed E-state index contributed by atoms with van der Waals surface area (Å²) in [7, 11) is -3.33. The molecular formula is C12H15FN2O3S. The van der Waals surface area contributed by atoms with Crippen molar-refractivity contribution in [2.24, 2.45) is 5.73 Å². The third-order valence-electron chi connectivity index (χ3n) is 2.39. The number of halogens is 1. The van der Waals surface area contributed by atoms with Gasteiger partial charge in [0.2, 0.25) is 15.9 Å². The Kier molecular flexibility index (Phi) is 4.66. The van der Waals surface area contributed by atoms with Crippen LogP contribution in [-0.4, -0.2) is 20.6 Å². The Labute approximate surface area is 111 Å². The molecule has 19 heavy (non-hydrogen) atoms. The van der Waals surface area contributed by atoms with Crippen molar-refractivity contribution in [3.8, 4) is 0 Å². The largest absolute Gasteiger partial charge is 0.366 e. The van der Waals surface area contributed by atoms with Gasteiger partial charge in [-0.05, 0) is 24.6 Å². The molecule has 1 aromatic carbocycles. The van der Waals surface area contributed by atoms with E-state index < -0.39 is 21.8 Å². The molecule has 0 fully saturated rings. The number of amides is 1. The molecule has 0 aliphatic rings. The second-order valence-corrected chi connectivity index (χ2v) is 5.89. The summed E-state index contributed by atoms with van der Waals surface area (Å²) in [6.45, 7) is 1.32. The van der Waals surface area contributed by atoms with Crippen molar-refractivity contribution in [2.45, 2.75) is 13.3 Å². The molecule has 1 aromatic rings. The van der Waals surface area contributed by atoms with Crippen LogP contribution in [-0.2, 0) is 21.2 Å². The van der Waals surface area contributed by atoms with E-state index in [4.69, 9.17) is 5.73 Å². The maximum absolute atomic E-state index is 13.6. The number of nitrogens with one attached hydrogen (secondary N) is 1. The maximum atomic E-state index is 13.6. The smallest absolute Gasteiger partial charge is 0.246 e. The van der Waals surface area contributed by atoms with Crippen LogP contribution in [0.4, 0.5) is 10.1 Å². The minimum atomic E-state index is -3.33. The van der Waals surface area contributed by atoms with E-state index in [0.717, 1.165) is 6.26 Å². The van der Waals surface area contributed by atoms with Crippen LogP contribution in [0, 0.1) is 0 Å². The van der Waals surface area contributed by atoms with Crippen molar-refractivity contribution in [1.29, 1.82) is 0 Å². The molecule has 0 saturated carbocycles. The van der Waals surface area contributed by atoms with E-state index in [1.165, 1.54) is 19.1 Å². The fourth-order valence-corrected chi connectivity index (χ4v) is 1.91. The first kappa shape index (κ1) is 15.2. The van der Waals surface area contributed by atoms with Crippen LogP contribution < -0.4 is 10.5 Å². The lowest BCUT2D eigenvalue weighted by atomic mass is 10.1. The quantitative estimate of drug-likeness (QED) is 0.800. The average molecular weight is 286 g/mol. The van der Waals surface area contributed by atoms with Gasteiger partial charge in [-0.15, -0.1) is 0 Å². The third-order valence-corrected chi connectivity index (χ3v) is 3.00. The first-order chi connectivity index (χ1) is 8.69. The van der Waals surface area contributed by atoms with Crippen LogP contribution in [0.15, 0.2) is 35.7 Å². The number of nitrogens with two attached hydrogens (primary N) is 1. The summed E-state index contributed by atoms with van der Waals surface area (Å²) < 4.78 is 37.9. The Morgan fingerprint density at radius 2 is 1.84 bits per heavy atom. The highest BCUT2D eigenvalue weighted by Crippen LogP contribution is 2.16. The van der Waals surface area contributed by atoms with Gasteiger partial charge in [0.25, 0.3) is 0 Å². The van der Waals surface area contributed by atoms with Crippen LogP contribution in [0.3, 0.4) is 0 Å². The molecule has 0 bridgehead atoms. The summed E-state index contributed by atoms with van der Waals surface area (Å²) >= 11 is 0. The Morgan fingerprint density at radius 1 is 1.32 bits per heavy atom. The Balaban J connectivity index is 2.84. The van der Waals surface area contributed by atoms with E-state index >= 15 is 0 Å². The molecule has 0 saturated heterocycles. The topological polar surface area (TPSA) is 89.3 Å². The second-order valence-electron chi connectivity index (χ2n) is 4.14. The number of allylic oxidation sites excluding steroid dienone is 1. The number of anilines is 1. The summed E-state index contributed by atoms with van der Waals surface area (Å²) in [6.07, 6.45) is 0.980. The zero-order valence-electron chi connectivity index (χ0n) is 10.6. The highest BCUT2D eigenvalue weighted by Gasteiger charge is 2.08. The zero-order chi connectivity index (χ0) is 14.6. The zero-order valence-corrected chi connectivity index (χ0v) is 11.4. The van der Waals surface area contributed by atoms with Gasteiger partial charge in [0.1, 0.15) is 5.83 Å². The number of hydrogen-bond acceptors (Lipinski definition) is 3. The van der Waals surface area contributed by atoms with Gasteiger partial charge < -0.3 is 5.73 Å². The SMILES string of the molecule is C/C(C(N)=O)=C(/F)Cc1ccc(NS(C)(=O)=O)cc1. The lowest BCUT2D eigenvalue weighted by Gasteiger charge is -2.05. The molecule has 1 rings (SSSR count). The molecule has 0 aromatic heterocycles. The predicted molar refractivity (Wildman–Crippen MR) is 71.6 cm³/mol. The molecule has 0 aliphatic heterocycles. The summed E-state index contributed by atoms with van der Waals surface area (Å²) in [5, 5.41) is 0. The molecule has 0 spiro atoms. The van der Waals surface area contributed by atoms with Gasteiger partial charge in [0, 0.05) is 17.7 Å². The minimum absolute atomic E-state index is 0.0616. The molecule has 0 heterocycles. The van der Waals surface area contributed by atoms with Gasteiger partial charge in [0.15, 0.2) is 0 Å². The number of carbonyl (C=O) groups excluding carboxylic acids is 1. The molecule has 0 radical (unpaired) electrons. The van der Waals surface area contributed by atoms with Crippen LogP contribution in [0.5, 0.6) is 0 Å². The standard InChI is InChI=1S/C12H15FN2O3S/c1-8(12(14)16)11(13)7-9-3-5-10(6-4-9)15-19(2,17)18/h3-6,15H,7H2,1-2H3,(H2,14,16)/b11-8-. The third kappa shape index (κ3) is 5.09. The van der Waals surface area contributed by atoms with Gasteiger partial charge in [-0.1, -0.05) is 12.1 Å². The van der Waals surface area contributed by atoms with Crippen molar-refractivity contribution >= 4 is 21.6 Å². The number of rotatable bonds is 5. The second kappa shape index (κ2) is 5.83. The normalized spacial score (nSPS) is 12.8. The van der Waals surface area contributed by atoms with Crippen molar-refractivity contribution in [2.75, 3.05) is 11.0 Å². The number of carbonyl (C=O) groups is 1. The van der Waals surface area contributed by atoms with Gasteiger partial charge in [-0.25, -0.2) is 12.8 Å². The molecule has 1 amide bonds. The highest BCUT2D eigenvalue weighted by molar-refractivity contribution is 7.92. The summed E-state index contributed by atoms with van der Waals surface area (Å²) in [6, 6.07) is 6.18. The first-order valence-corrected chi connectivity index (χ1v) is 7.30. The molecule has 5 nitrogen and oxygen atoms in total. The number of hydrogen-bond donors (Lipinski definition) is 2. The molecule has 3 N–H and O–H groups in total. The summed E-state index contributed by atoms with van der Waals surface area (Å²) in [5.41, 5.74) is 5.86. The Morgan fingerprint density at radius 3 is 2.26 bits per heavy atom. The number of benzene rings is 1. The Bertz CT molecular complexity index is 606. The van der Waals surface area contributed by atoms with Gasteiger partial charge >= 0.3 is 0 Å². The fraction of sp³-hybridized carbons (Fsp3) is 0.250. The van der Waals surface area contributed by atoms with Crippen molar-refractivity contribution in [3.05, 3.63) is 41.2 Å². The monoisotopic (exact) mass is 286 g/mol. The summed E-state index contributed by atoms with van der Waals surface area (Å²) in [4.78, 5) is 10.8. The molecule has 0 aliphatic carbocycles. The number of sulfonamides is 1. The lowest BCUT2D eigenvalue weighted by molar-refractivity contribution is -0.114. The highest BCUT2D eigenvalue weighted by atomic mass is 32.2. The molecule has 7 heteroatoms. The predicted octanol–water partition coefficient (Wildman–Crippen LogP) is 1.33. The van der Waals surface area contributed by atoms with Gasteiger partial charge in [-0.2, -0.15) is 0 Å². The van der Waals surface area contributed by atoms with Crippen LogP contribution in [0.1, 0.15) is 12.5 Å². The van der Waals surface area contributed by atoms with E-state index in [1.54, 1.807) is 12.1 Å².